The first kappa shape index (κ1) is 17.7. The second-order valence-corrected chi connectivity index (χ2v) is 7.17. The average molecular weight is 345 g/mol. The summed E-state index contributed by atoms with van der Waals surface area (Å²) in [5.41, 5.74) is 3.57. The SMILES string of the molecule is CNC(=O)C[C@@H]1CN(C(=O)Cc2ccc3c(c2)CCCN3C)C[C@H]1O. The molecule has 6 nitrogen and oxygen atoms in total. The van der Waals surface area contributed by atoms with Gasteiger partial charge in [-0.05, 0) is 30.0 Å². The Bertz CT molecular complexity index is 661. The molecule has 0 bridgehead atoms. The lowest BCUT2D eigenvalue weighted by molar-refractivity contribution is -0.130. The summed E-state index contributed by atoms with van der Waals surface area (Å²) in [5, 5.41) is 12.7. The molecular formula is C19H27N3O3. The molecule has 2 aliphatic heterocycles. The quantitative estimate of drug-likeness (QED) is 0.837. The fraction of sp³-hybridized carbons (Fsp3) is 0.579. The van der Waals surface area contributed by atoms with Crippen LogP contribution in [-0.4, -0.2) is 61.7 Å². The minimum atomic E-state index is -0.626. The van der Waals surface area contributed by atoms with E-state index in [1.165, 1.54) is 11.3 Å². The third kappa shape index (κ3) is 3.95. The lowest BCUT2D eigenvalue weighted by Gasteiger charge is -2.28. The topological polar surface area (TPSA) is 72.9 Å². The number of likely N-dealkylation sites (tertiary alicyclic amines) is 1. The number of hydrogen-bond donors (Lipinski definition) is 2. The molecule has 0 aliphatic carbocycles. The highest BCUT2D eigenvalue weighted by molar-refractivity contribution is 5.80. The molecule has 6 heteroatoms. The zero-order chi connectivity index (χ0) is 18.0. The molecule has 0 radical (unpaired) electrons. The van der Waals surface area contributed by atoms with Crippen LogP contribution in [0.5, 0.6) is 0 Å². The van der Waals surface area contributed by atoms with Crippen LogP contribution in [0.15, 0.2) is 18.2 Å². The predicted octanol–water partition coefficient (Wildman–Crippen LogP) is 0.567. The minimum Gasteiger partial charge on any atom is -0.391 e. The van der Waals surface area contributed by atoms with Crippen LogP contribution in [0.3, 0.4) is 0 Å². The Morgan fingerprint density at radius 3 is 2.88 bits per heavy atom. The van der Waals surface area contributed by atoms with Crippen LogP contribution in [0.4, 0.5) is 5.69 Å². The molecule has 1 fully saturated rings. The van der Waals surface area contributed by atoms with E-state index in [0.717, 1.165) is 24.9 Å². The van der Waals surface area contributed by atoms with Gasteiger partial charge in [-0.15, -0.1) is 0 Å². The molecule has 2 heterocycles. The largest absolute Gasteiger partial charge is 0.391 e. The number of nitrogens with zero attached hydrogens (tertiary/aromatic N) is 2. The van der Waals surface area contributed by atoms with Crippen molar-refractivity contribution in [2.45, 2.75) is 31.8 Å². The summed E-state index contributed by atoms with van der Waals surface area (Å²) in [6, 6.07) is 6.26. The number of β-amino-alcohol motifs (C(OH)–C–C–N with tert-alkyl or cyclic N) is 1. The van der Waals surface area contributed by atoms with Crippen molar-refractivity contribution in [3.05, 3.63) is 29.3 Å². The number of anilines is 1. The summed E-state index contributed by atoms with van der Waals surface area (Å²) in [7, 11) is 3.68. The van der Waals surface area contributed by atoms with E-state index in [0.29, 0.717) is 19.5 Å². The number of carbonyl (C=O) groups excluding carboxylic acids is 2. The van der Waals surface area contributed by atoms with Gasteiger partial charge in [-0.2, -0.15) is 0 Å². The fourth-order valence-electron chi connectivity index (χ4n) is 3.83. The van der Waals surface area contributed by atoms with Crippen LogP contribution < -0.4 is 10.2 Å². The van der Waals surface area contributed by atoms with Crippen LogP contribution in [0.1, 0.15) is 24.0 Å². The molecule has 0 spiro atoms. The molecule has 136 valence electrons. The minimum absolute atomic E-state index is 0.0163. The fourth-order valence-corrected chi connectivity index (χ4v) is 3.83. The summed E-state index contributed by atoms with van der Waals surface area (Å²) in [4.78, 5) is 28.1. The van der Waals surface area contributed by atoms with Gasteiger partial charge in [-0.1, -0.05) is 12.1 Å². The Hall–Kier alpha value is -2.08. The smallest absolute Gasteiger partial charge is 0.227 e. The number of nitrogens with one attached hydrogen (secondary N) is 1. The van der Waals surface area contributed by atoms with Crippen LogP contribution in [0.2, 0.25) is 0 Å². The molecule has 1 aromatic rings. The van der Waals surface area contributed by atoms with Gasteiger partial charge in [0.15, 0.2) is 0 Å². The van der Waals surface area contributed by atoms with Crippen molar-refractivity contribution in [1.29, 1.82) is 0 Å². The first-order valence-electron chi connectivity index (χ1n) is 8.97. The lowest BCUT2D eigenvalue weighted by Crippen LogP contribution is -2.31. The number of hydrogen-bond acceptors (Lipinski definition) is 4. The highest BCUT2D eigenvalue weighted by Gasteiger charge is 2.35. The second kappa shape index (κ2) is 7.44. The van der Waals surface area contributed by atoms with Crippen molar-refractivity contribution < 1.29 is 14.7 Å². The zero-order valence-electron chi connectivity index (χ0n) is 15.0. The summed E-state index contributed by atoms with van der Waals surface area (Å²) in [5.74, 6) is -0.263. The van der Waals surface area contributed by atoms with Gasteiger partial charge in [-0.3, -0.25) is 9.59 Å². The molecule has 2 atom stereocenters. The lowest BCUT2D eigenvalue weighted by atomic mass is 9.98. The van der Waals surface area contributed by atoms with E-state index in [4.69, 9.17) is 0 Å². The van der Waals surface area contributed by atoms with Crippen LogP contribution >= 0.6 is 0 Å². The number of rotatable bonds is 4. The standard InChI is InChI=1S/C19H27N3O3/c1-20-18(24)10-15-11-22(12-17(15)23)19(25)9-13-5-6-16-14(8-13)4-3-7-21(16)2/h5-6,8,15,17,23H,3-4,7,9-12H2,1-2H3,(H,20,24)/t15-,17-/m1/s1. The van der Waals surface area contributed by atoms with Gasteiger partial charge in [0.05, 0.1) is 12.5 Å². The van der Waals surface area contributed by atoms with Crippen molar-refractivity contribution in [3.63, 3.8) is 0 Å². The molecular weight excluding hydrogens is 318 g/mol. The highest BCUT2D eigenvalue weighted by Crippen LogP contribution is 2.27. The normalized spacial score (nSPS) is 22.7. The second-order valence-electron chi connectivity index (χ2n) is 7.17. The van der Waals surface area contributed by atoms with Crippen molar-refractivity contribution in [1.82, 2.24) is 10.2 Å². The van der Waals surface area contributed by atoms with Crippen LogP contribution in [0.25, 0.3) is 0 Å². The van der Waals surface area contributed by atoms with E-state index in [1.54, 1.807) is 11.9 Å². The molecule has 0 saturated carbocycles. The van der Waals surface area contributed by atoms with Gasteiger partial charge < -0.3 is 20.2 Å². The van der Waals surface area contributed by atoms with Crippen molar-refractivity contribution in [2.75, 3.05) is 38.6 Å². The maximum Gasteiger partial charge on any atom is 0.227 e. The third-order valence-corrected chi connectivity index (χ3v) is 5.34. The Morgan fingerprint density at radius 2 is 2.12 bits per heavy atom. The van der Waals surface area contributed by atoms with E-state index in [1.807, 2.05) is 6.07 Å². The van der Waals surface area contributed by atoms with Gasteiger partial charge in [0, 0.05) is 51.8 Å². The number of benzene rings is 1. The number of amides is 2. The highest BCUT2D eigenvalue weighted by atomic mass is 16.3. The summed E-state index contributed by atoms with van der Waals surface area (Å²) in [6.07, 6.45) is 2.17. The molecule has 0 aromatic heterocycles. The van der Waals surface area contributed by atoms with Gasteiger partial charge in [0.2, 0.25) is 11.8 Å². The first-order chi connectivity index (χ1) is 12.0. The molecule has 25 heavy (non-hydrogen) atoms. The van der Waals surface area contributed by atoms with Gasteiger partial charge in [0.1, 0.15) is 0 Å². The molecule has 3 rings (SSSR count). The van der Waals surface area contributed by atoms with Crippen LogP contribution in [0, 0.1) is 5.92 Å². The van der Waals surface area contributed by atoms with Gasteiger partial charge in [0.25, 0.3) is 0 Å². The van der Waals surface area contributed by atoms with Crippen molar-refractivity contribution in [2.24, 2.45) is 5.92 Å². The van der Waals surface area contributed by atoms with E-state index < -0.39 is 6.10 Å². The van der Waals surface area contributed by atoms with E-state index in [-0.39, 0.29) is 24.2 Å². The van der Waals surface area contributed by atoms with Gasteiger partial charge >= 0.3 is 0 Å². The molecule has 0 unspecified atom stereocenters. The molecule has 2 aliphatic rings. The van der Waals surface area contributed by atoms with E-state index in [2.05, 4.69) is 29.4 Å². The number of aliphatic hydroxyl groups excluding tert-OH is 1. The number of aliphatic hydroxyl groups is 1. The van der Waals surface area contributed by atoms with Crippen LogP contribution in [-0.2, 0) is 22.4 Å². The molecule has 1 saturated heterocycles. The maximum atomic E-state index is 12.6. The Labute approximate surface area is 148 Å². The van der Waals surface area contributed by atoms with Crippen molar-refractivity contribution in [3.8, 4) is 0 Å². The third-order valence-electron chi connectivity index (χ3n) is 5.34. The first-order valence-corrected chi connectivity index (χ1v) is 8.97. The van der Waals surface area contributed by atoms with Gasteiger partial charge in [-0.25, -0.2) is 0 Å². The van der Waals surface area contributed by atoms with Crippen molar-refractivity contribution >= 4 is 17.5 Å². The summed E-state index contributed by atoms with van der Waals surface area (Å²) < 4.78 is 0. The molecule has 2 N–H and O–H groups in total. The number of fused-ring (bicyclic) bond motifs is 1. The Balaban J connectivity index is 1.62. The number of carbonyl (C=O) groups is 2. The molecule has 2 amide bonds. The predicted molar refractivity (Wildman–Crippen MR) is 96.5 cm³/mol. The van der Waals surface area contributed by atoms with E-state index in [9.17, 15) is 14.7 Å². The summed E-state index contributed by atoms with van der Waals surface area (Å²) >= 11 is 0. The average Bonchev–Trinajstić information content (AvgIpc) is 2.95. The maximum absolute atomic E-state index is 12.6. The number of aryl methyl sites for hydroxylation is 1. The monoisotopic (exact) mass is 345 g/mol. The Morgan fingerprint density at radius 1 is 1.32 bits per heavy atom. The Kier molecular flexibility index (Phi) is 5.27. The zero-order valence-corrected chi connectivity index (χ0v) is 15.0. The molecule has 1 aromatic carbocycles. The van der Waals surface area contributed by atoms with E-state index >= 15 is 0 Å². The summed E-state index contributed by atoms with van der Waals surface area (Å²) in [6.45, 7) is 1.83.